The Kier molecular flexibility index (Phi) is 4.54. The number of esters is 2. The van der Waals surface area contributed by atoms with Crippen molar-refractivity contribution in [3.63, 3.8) is 0 Å². The van der Waals surface area contributed by atoms with Gasteiger partial charge in [0.2, 0.25) is 0 Å². The van der Waals surface area contributed by atoms with Crippen molar-refractivity contribution < 1.29 is 28.6 Å². The van der Waals surface area contributed by atoms with Crippen LogP contribution in [0.5, 0.6) is 0 Å². The first kappa shape index (κ1) is 18.4. The smallest absolute Gasteiger partial charge is 0.338 e. The average molecular weight is 360 g/mol. The molecule has 0 unspecified atom stereocenters. The van der Waals surface area contributed by atoms with Gasteiger partial charge < -0.3 is 14.2 Å². The molecule has 0 saturated heterocycles. The molecule has 0 bridgehead atoms. The zero-order valence-electron chi connectivity index (χ0n) is 15.6. The minimum absolute atomic E-state index is 0.147. The van der Waals surface area contributed by atoms with E-state index in [-0.39, 0.29) is 22.3 Å². The minimum atomic E-state index is -0.589. The van der Waals surface area contributed by atoms with Gasteiger partial charge in [-0.2, -0.15) is 0 Å². The molecule has 26 heavy (non-hydrogen) atoms. The molecule has 0 aromatic carbocycles. The fourth-order valence-corrected chi connectivity index (χ4v) is 3.99. The van der Waals surface area contributed by atoms with Crippen LogP contribution >= 0.6 is 0 Å². The highest BCUT2D eigenvalue weighted by atomic mass is 16.5. The second-order valence-corrected chi connectivity index (χ2v) is 7.52. The quantitative estimate of drug-likeness (QED) is 0.705. The van der Waals surface area contributed by atoms with E-state index >= 15 is 0 Å². The van der Waals surface area contributed by atoms with Crippen LogP contribution in [0.3, 0.4) is 0 Å². The van der Waals surface area contributed by atoms with E-state index in [0.717, 1.165) is 11.3 Å². The predicted octanol–water partition coefficient (Wildman–Crippen LogP) is 2.78. The summed E-state index contributed by atoms with van der Waals surface area (Å²) < 4.78 is 16.0. The lowest BCUT2D eigenvalue weighted by molar-refractivity contribution is -0.140. The van der Waals surface area contributed by atoms with Crippen LogP contribution in [0.1, 0.15) is 46.0 Å². The fourth-order valence-electron chi connectivity index (χ4n) is 3.99. The van der Waals surface area contributed by atoms with Crippen molar-refractivity contribution in [1.29, 1.82) is 0 Å². The van der Waals surface area contributed by atoms with Crippen LogP contribution in [0.25, 0.3) is 0 Å². The van der Waals surface area contributed by atoms with Gasteiger partial charge in [-0.15, -0.1) is 0 Å². The SMILES string of the molecule is COC(=O)C1=C/C[C@@]2(C)CC3=C(CCC3=O)O[C@@]2(C)C/C=C\1C(=O)OC. The zero-order chi connectivity index (χ0) is 19.1. The number of carbonyl (C=O) groups is 3. The summed E-state index contributed by atoms with van der Waals surface area (Å²) in [7, 11) is 2.56. The second kappa shape index (κ2) is 6.41. The number of ether oxygens (including phenoxy) is 3. The first-order valence-electron chi connectivity index (χ1n) is 8.76. The summed E-state index contributed by atoms with van der Waals surface area (Å²) in [6, 6.07) is 0. The Morgan fingerprint density at radius 2 is 1.58 bits per heavy atom. The van der Waals surface area contributed by atoms with Crippen LogP contribution in [0.15, 0.2) is 34.6 Å². The van der Waals surface area contributed by atoms with Crippen LogP contribution in [0.2, 0.25) is 0 Å². The van der Waals surface area contributed by atoms with Crippen LogP contribution in [0.4, 0.5) is 0 Å². The van der Waals surface area contributed by atoms with Crippen molar-refractivity contribution in [3.05, 3.63) is 34.6 Å². The van der Waals surface area contributed by atoms with Crippen molar-refractivity contribution in [2.24, 2.45) is 5.41 Å². The number of carbonyl (C=O) groups excluding carboxylic acids is 3. The molecule has 6 nitrogen and oxygen atoms in total. The van der Waals surface area contributed by atoms with Gasteiger partial charge in [0, 0.05) is 30.3 Å². The maximum Gasteiger partial charge on any atom is 0.338 e. The minimum Gasteiger partial charge on any atom is -0.491 e. The third-order valence-electron chi connectivity index (χ3n) is 6.00. The third-order valence-corrected chi connectivity index (χ3v) is 6.00. The summed E-state index contributed by atoms with van der Waals surface area (Å²) in [5.74, 6) is -0.239. The van der Waals surface area contributed by atoms with Crippen LogP contribution in [0, 0.1) is 5.41 Å². The molecular formula is C20H24O6. The van der Waals surface area contributed by atoms with Gasteiger partial charge in [-0.05, 0) is 19.8 Å². The summed E-state index contributed by atoms with van der Waals surface area (Å²) in [4.78, 5) is 36.6. The molecule has 0 aromatic rings. The van der Waals surface area contributed by atoms with Gasteiger partial charge >= 0.3 is 11.9 Å². The van der Waals surface area contributed by atoms with Crippen molar-refractivity contribution >= 4 is 17.7 Å². The number of fused-ring (bicyclic) bond motifs is 1. The van der Waals surface area contributed by atoms with Gasteiger partial charge in [0.25, 0.3) is 0 Å². The number of Topliss-reactive ketones (excluding diaryl/α,β-unsaturated/α-hetero) is 1. The van der Waals surface area contributed by atoms with E-state index in [1.54, 1.807) is 12.2 Å². The van der Waals surface area contributed by atoms with E-state index in [1.807, 2.05) is 6.92 Å². The molecule has 0 amide bonds. The van der Waals surface area contributed by atoms with Crippen LogP contribution in [-0.4, -0.2) is 37.5 Å². The standard InChI is InChI=1S/C20H24O6/c1-19-9-7-12(17(22)24-3)13(18(23)25-4)8-10-20(19,2)26-16-6-5-15(21)14(16)11-19/h7-8H,5-6,9-11H2,1-4H3/b12-7+,13-8+/t19-,20-/m0/s1. The Hall–Kier alpha value is -2.37. The monoisotopic (exact) mass is 360 g/mol. The highest BCUT2D eigenvalue weighted by Crippen LogP contribution is 2.54. The largest absolute Gasteiger partial charge is 0.491 e. The van der Waals surface area contributed by atoms with E-state index < -0.39 is 17.5 Å². The Bertz CT molecular complexity index is 771. The molecule has 3 aliphatic rings. The van der Waals surface area contributed by atoms with Crippen molar-refractivity contribution in [2.45, 2.75) is 51.6 Å². The normalized spacial score (nSPS) is 34.8. The molecule has 0 radical (unpaired) electrons. The molecule has 140 valence electrons. The average Bonchev–Trinajstić information content (AvgIpc) is 2.95. The Morgan fingerprint density at radius 1 is 1.00 bits per heavy atom. The Labute approximate surface area is 152 Å². The molecule has 2 aliphatic carbocycles. The first-order valence-corrected chi connectivity index (χ1v) is 8.76. The lowest BCUT2D eigenvalue weighted by Crippen LogP contribution is -2.49. The first-order chi connectivity index (χ1) is 12.2. The summed E-state index contributed by atoms with van der Waals surface area (Å²) in [6.45, 7) is 4.06. The molecule has 6 heteroatoms. The molecule has 3 rings (SSSR count). The molecule has 1 aliphatic heterocycles. The van der Waals surface area contributed by atoms with Gasteiger partial charge in [-0.3, -0.25) is 4.79 Å². The maximum atomic E-state index is 12.2. The van der Waals surface area contributed by atoms with Crippen LogP contribution in [-0.2, 0) is 28.6 Å². The fraction of sp³-hybridized carbons (Fsp3) is 0.550. The number of hydrogen-bond donors (Lipinski definition) is 0. The topological polar surface area (TPSA) is 78.9 Å². The number of hydrogen-bond acceptors (Lipinski definition) is 6. The van der Waals surface area contributed by atoms with E-state index in [4.69, 9.17) is 14.2 Å². The Morgan fingerprint density at radius 3 is 2.15 bits per heavy atom. The second-order valence-electron chi connectivity index (χ2n) is 7.52. The van der Waals surface area contributed by atoms with Crippen molar-refractivity contribution in [2.75, 3.05) is 14.2 Å². The number of allylic oxidation sites excluding steroid dienone is 3. The third kappa shape index (κ3) is 2.77. The van der Waals surface area contributed by atoms with Gasteiger partial charge in [-0.1, -0.05) is 19.1 Å². The molecule has 2 atom stereocenters. The van der Waals surface area contributed by atoms with Gasteiger partial charge in [0.15, 0.2) is 5.78 Å². The summed E-state index contributed by atoms with van der Waals surface area (Å²) in [5, 5.41) is 0. The number of rotatable bonds is 2. The zero-order valence-corrected chi connectivity index (χ0v) is 15.6. The molecular weight excluding hydrogens is 336 g/mol. The molecule has 0 N–H and O–H groups in total. The molecule has 0 aromatic heterocycles. The van der Waals surface area contributed by atoms with Gasteiger partial charge in [-0.25, -0.2) is 9.59 Å². The van der Waals surface area contributed by atoms with Gasteiger partial charge in [0.05, 0.1) is 25.4 Å². The molecule has 0 saturated carbocycles. The summed E-state index contributed by atoms with van der Waals surface area (Å²) >= 11 is 0. The van der Waals surface area contributed by atoms with Crippen molar-refractivity contribution in [3.8, 4) is 0 Å². The highest BCUT2D eigenvalue weighted by Gasteiger charge is 2.52. The number of methoxy groups -OCH3 is 2. The molecule has 0 spiro atoms. The summed E-state index contributed by atoms with van der Waals surface area (Å²) in [5.41, 5.74) is 0.182. The highest BCUT2D eigenvalue weighted by molar-refractivity contribution is 6.07. The van der Waals surface area contributed by atoms with E-state index in [0.29, 0.717) is 32.1 Å². The summed E-state index contributed by atoms with van der Waals surface area (Å²) in [6.07, 6.45) is 6.03. The number of ketones is 1. The molecule has 1 heterocycles. The van der Waals surface area contributed by atoms with E-state index in [2.05, 4.69) is 6.92 Å². The van der Waals surface area contributed by atoms with Crippen LogP contribution < -0.4 is 0 Å². The van der Waals surface area contributed by atoms with E-state index in [1.165, 1.54) is 14.2 Å². The predicted molar refractivity (Wildman–Crippen MR) is 92.9 cm³/mol. The van der Waals surface area contributed by atoms with Gasteiger partial charge in [0.1, 0.15) is 11.4 Å². The van der Waals surface area contributed by atoms with Crippen molar-refractivity contribution in [1.82, 2.24) is 0 Å². The lowest BCUT2D eigenvalue weighted by Gasteiger charge is -2.50. The Balaban J connectivity index is 2.06. The molecule has 0 fully saturated rings. The maximum absolute atomic E-state index is 12.2. The van der Waals surface area contributed by atoms with E-state index in [9.17, 15) is 14.4 Å². The lowest BCUT2D eigenvalue weighted by atomic mass is 9.64.